The van der Waals surface area contributed by atoms with Gasteiger partial charge in [0, 0.05) is 5.38 Å². The number of aromatic nitrogens is 1. The molecule has 2 nitrogen and oxygen atoms in total. The molecule has 0 saturated heterocycles. The molecule has 1 saturated carbocycles. The van der Waals surface area contributed by atoms with Crippen LogP contribution >= 0.6 is 11.3 Å². The molecule has 12 heavy (non-hydrogen) atoms. The number of nitrogens with two attached hydrogens (primary N) is 1. The minimum atomic E-state index is 0.431. The minimum Gasteiger partial charge on any atom is -0.330 e. The van der Waals surface area contributed by atoms with Gasteiger partial charge in [0.1, 0.15) is 0 Å². The summed E-state index contributed by atoms with van der Waals surface area (Å²) in [5.41, 5.74) is 7.37. The van der Waals surface area contributed by atoms with Crippen LogP contribution in [0.15, 0.2) is 5.38 Å². The molecule has 3 heteroatoms. The average Bonchev–Trinajstić information content (AvgIpc) is 2.71. The van der Waals surface area contributed by atoms with E-state index in [-0.39, 0.29) is 0 Å². The molecule has 2 rings (SSSR count). The van der Waals surface area contributed by atoms with Crippen molar-refractivity contribution in [3.63, 3.8) is 0 Å². The van der Waals surface area contributed by atoms with E-state index in [0.29, 0.717) is 5.41 Å². The summed E-state index contributed by atoms with van der Waals surface area (Å²) in [6.45, 7) is 2.87. The molecule has 0 spiro atoms. The lowest BCUT2D eigenvalue weighted by Crippen LogP contribution is -2.17. The molecule has 0 aromatic carbocycles. The fraction of sp³-hybridized carbons (Fsp3) is 0.667. The topological polar surface area (TPSA) is 38.9 Å². The first-order valence-corrected chi connectivity index (χ1v) is 5.23. The van der Waals surface area contributed by atoms with Crippen molar-refractivity contribution >= 4 is 11.3 Å². The highest BCUT2D eigenvalue weighted by Gasteiger charge is 2.41. The first kappa shape index (κ1) is 8.20. The average molecular weight is 182 g/mol. The predicted molar refractivity (Wildman–Crippen MR) is 51.3 cm³/mol. The molecule has 0 atom stereocenters. The fourth-order valence-corrected chi connectivity index (χ4v) is 2.12. The smallest absolute Gasteiger partial charge is 0.0897 e. The van der Waals surface area contributed by atoms with Crippen molar-refractivity contribution in [3.8, 4) is 0 Å². The molecule has 1 heterocycles. The standard InChI is InChI=1S/C9H14N2S/c1-7-11-8(5-12-7)4-9(6-10)2-3-9/h5H,2-4,6,10H2,1H3. The van der Waals surface area contributed by atoms with Gasteiger partial charge in [-0.05, 0) is 38.1 Å². The van der Waals surface area contributed by atoms with E-state index < -0.39 is 0 Å². The van der Waals surface area contributed by atoms with Gasteiger partial charge in [0.15, 0.2) is 0 Å². The number of hydrogen-bond donors (Lipinski definition) is 1. The van der Waals surface area contributed by atoms with Gasteiger partial charge in [0.2, 0.25) is 0 Å². The molecule has 0 radical (unpaired) electrons. The molecule has 0 aliphatic heterocycles. The minimum absolute atomic E-state index is 0.431. The van der Waals surface area contributed by atoms with Crippen molar-refractivity contribution in [1.29, 1.82) is 0 Å². The Labute approximate surface area is 76.8 Å². The highest BCUT2D eigenvalue weighted by atomic mass is 32.1. The van der Waals surface area contributed by atoms with Crippen molar-refractivity contribution in [1.82, 2.24) is 4.98 Å². The van der Waals surface area contributed by atoms with Gasteiger partial charge in [-0.25, -0.2) is 4.98 Å². The molecule has 0 unspecified atom stereocenters. The van der Waals surface area contributed by atoms with Crippen LogP contribution in [0, 0.1) is 12.3 Å². The first-order valence-electron chi connectivity index (χ1n) is 4.35. The SMILES string of the molecule is Cc1nc(CC2(CN)CC2)cs1. The van der Waals surface area contributed by atoms with Crippen molar-refractivity contribution < 1.29 is 0 Å². The molecule has 66 valence electrons. The Bertz CT molecular complexity index is 276. The number of hydrogen-bond acceptors (Lipinski definition) is 3. The Morgan fingerprint density at radius 1 is 1.67 bits per heavy atom. The van der Waals surface area contributed by atoms with Crippen LogP contribution in [-0.2, 0) is 6.42 Å². The van der Waals surface area contributed by atoms with Crippen molar-refractivity contribution in [3.05, 3.63) is 16.1 Å². The third-order valence-electron chi connectivity index (χ3n) is 2.61. The summed E-state index contributed by atoms with van der Waals surface area (Å²) in [5.74, 6) is 0. The molecular weight excluding hydrogens is 168 g/mol. The highest BCUT2D eigenvalue weighted by molar-refractivity contribution is 7.09. The predicted octanol–water partition coefficient (Wildman–Crippen LogP) is 1.73. The summed E-state index contributed by atoms with van der Waals surface area (Å²) in [6, 6.07) is 0. The summed E-state index contributed by atoms with van der Waals surface area (Å²) in [5, 5.41) is 3.32. The van der Waals surface area contributed by atoms with Crippen LogP contribution in [-0.4, -0.2) is 11.5 Å². The van der Waals surface area contributed by atoms with Gasteiger partial charge < -0.3 is 5.73 Å². The summed E-state index contributed by atoms with van der Waals surface area (Å²) in [7, 11) is 0. The van der Waals surface area contributed by atoms with E-state index in [9.17, 15) is 0 Å². The summed E-state index contributed by atoms with van der Waals surface area (Å²) in [6.07, 6.45) is 3.67. The van der Waals surface area contributed by atoms with Crippen molar-refractivity contribution in [2.45, 2.75) is 26.2 Å². The molecule has 1 aliphatic rings. The summed E-state index contributed by atoms with van der Waals surface area (Å²) < 4.78 is 0. The number of thiazole rings is 1. The number of nitrogens with zero attached hydrogens (tertiary/aromatic N) is 1. The maximum Gasteiger partial charge on any atom is 0.0897 e. The lowest BCUT2D eigenvalue weighted by Gasteiger charge is -2.08. The third-order valence-corrected chi connectivity index (χ3v) is 3.44. The maximum absolute atomic E-state index is 5.70. The van der Waals surface area contributed by atoms with E-state index >= 15 is 0 Å². The Kier molecular flexibility index (Phi) is 1.93. The molecular formula is C9H14N2S. The molecule has 1 aromatic heterocycles. The first-order chi connectivity index (χ1) is 5.74. The molecule has 0 bridgehead atoms. The van der Waals surface area contributed by atoms with Gasteiger partial charge in [-0.1, -0.05) is 0 Å². The van der Waals surface area contributed by atoms with E-state index in [0.717, 1.165) is 18.0 Å². The van der Waals surface area contributed by atoms with Gasteiger partial charge in [0.05, 0.1) is 10.7 Å². The highest BCUT2D eigenvalue weighted by Crippen LogP contribution is 2.47. The molecule has 1 fully saturated rings. The molecule has 0 amide bonds. The third kappa shape index (κ3) is 1.52. The molecule has 1 aliphatic carbocycles. The lowest BCUT2D eigenvalue weighted by atomic mass is 10.0. The van der Waals surface area contributed by atoms with Crippen molar-refractivity contribution in [2.24, 2.45) is 11.1 Å². The lowest BCUT2D eigenvalue weighted by molar-refractivity contribution is 0.515. The maximum atomic E-state index is 5.70. The summed E-state index contributed by atoms with van der Waals surface area (Å²) >= 11 is 1.73. The van der Waals surface area contributed by atoms with Crippen LogP contribution in [0.5, 0.6) is 0 Å². The Morgan fingerprint density at radius 2 is 2.42 bits per heavy atom. The Balaban J connectivity index is 2.04. The molecule has 1 aromatic rings. The van der Waals surface area contributed by atoms with Crippen LogP contribution in [0.2, 0.25) is 0 Å². The largest absolute Gasteiger partial charge is 0.330 e. The van der Waals surface area contributed by atoms with Gasteiger partial charge in [-0.2, -0.15) is 0 Å². The zero-order chi connectivity index (χ0) is 8.60. The van der Waals surface area contributed by atoms with Crippen LogP contribution < -0.4 is 5.73 Å². The van der Waals surface area contributed by atoms with Gasteiger partial charge in [-0.15, -0.1) is 11.3 Å². The van der Waals surface area contributed by atoms with E-state index in [4.69, 9.17) is 5.73 Å². The Hall–Kier alpha value is -0.410. The zero-order valence-electron chi connectivity index (χ0n) is 7.34. The van der Waals surface area contributed by atoms with E-state index in [1.165, 1.54) is 18.5 Å². The van der Waals surface area contributed by atoms with Gasteiger partial charge in [0.25, 0.3) is 0 Å². The Morgan fingerprint density at radius 3 is 2.83 bits per heavy atom. The van der Waals surface area contributed by atoms with Gasteiger partial charge in [-0.3, -0.25) is 0 Å². The molecule has 2 N–H and O–H groups in total. The number of aryl methyl sites for hydroxylation is 1. The van der Waals surface area contributed by atoms with E-state index in [1.807, 2.05) is 0 Å². The van der Waals surface area contributed by atoms with Crippen LogP contribution in [0.25, 0.3) is 0 Å². The van der Waals surface area contributed by atoms with E-state index in [2.05, 4.69) is 17.3 Å². The monoisotopic (exact) mass is 182 g/mol. The second kappa shape index (κ2) is 2.82. The van der Waals surface area contributed by atoms with Crippen LogP contribution in [0.4, 0.5) is 0 Å². The van der Waals surface area contributed by atoms with Crippen molar-refractivity contribution in [2.75, 3.05) is 6.54 Å². The second-order valence-electron chi connectivity index (χ2n) is 3.74. The zero-order valence-corrected chi connectivity index (χ0v) is 8.16. The van der Waals surface area contributed by atoms with Crippen LogP contribution in [0.1, 0.15) is 23.5 Å². The quantitative estimate of drug-likeness (QED) is 0.773. The van der Waals surface area contributed by atoms with Crippen LogP contribution in [0.3, 0.4) is 0 Å². The van der Waals surface area contributed by atoms with E-state index in [1.54, 1.807) is 11.3 Å². The van der Waals surface area contributed by atoms with Gasteiger partial charge >= 0.3 is 0 Å². The number of rotatable bonds is 3. The fourth-order valence-electron chi connectivity index (χ4n) is 1.50. The normalized spacial score (nSPS) is 19.5. The second-order valence-corrected chi connectivity index (χ2v) is 4.80. The summed E-state index contributed by atoms with van der Waals surface area (Å²) in [4.78, 5) is 4.45.